The molecule has 0 saturated heterocycles. The smallest absolute Gasteiger partial charge is 0.0619 e. The number of aromatic nitrogens is 3. The van der Waals surface area contributed by atoms with Crippen molar-refractivity contribution >= 4 is 160 Å². The van der Waals surface area contributed by atoms with Gasteiger partial charge in [0.25, 0.3) is 0 Å². The number of rotatable bonds is 9. The molecule has 534 valence electrons. The number of hydrogen-bond acceptors (Lipinski definition) is 3. The second-order valence-corrected chi connectivity index (χ2v) is 32.5. The van der Waals surface area contributed by atoms with Crippen molar-refractivity contribution in [3.8, 4) is 83.8 Å². The highest BCUT2D eigenvalue weighted by Crippen LogP contribution is 2.49. The molecule has 0 unspecified atom stereocenters. The van der Waals surface area contributed by atoms with Gasteiger partial charge in [-0.15, -0.1) is 34.0 Å². The van der Waals surface area contributed by atoms with E-state index in [-0.39, 0.29) is 0 Å². The molecule has 3 nitrogen and oxygen atoms in total. The summed E-state index contributed by atoms with van der Waals surface area (Å²) in [6.07, 6.45) is 0. The number of thiophene rings is 3. The highest BCUT2D eigenvalue weighted by atomic mass is 32.1. The number of nitrogens with zero attached hydrogens (tertiary/aromatic N) is 3. The highest BCUT2D eigenvalue weighted by Gasteiger charge is 2.23. The van der Waals surface area contributed by atoms with Crippen LogP contribution in [0.25, 0.3) is 210 Å². The van der Waals surface area contributed by atoms with Gasteiger partial charge in [-0.05, 0) is 136 Å². The Morgan fingerprint density at radius 3 is 0.956 bits per heavy atom. The summed E-state index contributed by atoms with van der Waals surface area (Å²) in [4.78, 5) is 0. The van der Waals surface area contributed by atoms with Crippen LogP contribution in [0.5, 0.6) is 0 Å². The SMILES string of the molecule is c1ccc(-c2ccc(-n3c4ccccc4c4c(-c5cccc6c5sc5ccccc56)cccc43)cc2)cc1.c1ccc(-c2ccc(-n3c4ccccc4c4cccc(-c5ccc6sc7ccccc7c6c5)c43)cc2)cc1.c1ccc(-c2ccc(-n3c4ccccc4c4cccc(-c5cccc6c5sc5ccccc56)c43)cc2)cc1. The van der Waals surface area contributed by atoms with Crippen LogP contribution in [0, 0.1) is 0 Å². The Hall–Kier alpha value is -14.0. The third-order valence-corrected chi connectivity index (χ3v) is 26.5. The van der Waals surface area contributed by atoms with Gasteiger partial charge < -0.3 is 13.7 Å². The van der Waals surface area contributed by atoms with E-state index >= 15 is 0 Å². The Morgan fingerprint density at radius 2 is 0.465 bits per heavy atom. The molecular weight excluding hydrogens is 1440 g/mol. The van der Waals surface area contributed by atoms with Crippen LogP contribution in [0.3, 0.4) is 0 Å². The molecule has 0 radical (unpaired) electrons. The van der Waals surface area contributed by atoms with E-state index in [0.29, 0.717) is 0 Å². The van der Waals surface area contributed by atoms with E-state index in [1.807, 2.05) is 34.0 Å². The lowest BCUT2D eigenvalue weighted by Crippen LogP contribution is -1.95. The zero-order valence-corrected chi connectivity index (χ0v) is 64.4. The number of benzene rings is 18. The van der Waals surface area contributed by atoms with E-state index < -0.39 is 0 Å². The van der Waals surface area contributed by atoms with Gasteiger partial charge in [-0.1, -0.05) is 328 Å². The molecule has 0 atom stereocenters. The summed E-state index contributed by atoms with van der Waals surface area (Å²) >= 11 is 5.65. The maximum Gasteiger partial charge on any atom is 0.0619 e. The van der Waals surface area contributed by atoms with Gasteiger partial charge in [0, 0.05) is 132 Å². The molecule has 6 heteroatoms. The minimum atomic E-state index is 1.17. The van der Waals surface area contributed by atoms with Gasteiger partial charge in [0.2, 0.25) is 0 Å². The van der Waals surface area contributed by atoms with E-state index in [1.54, 1.807) is 0 Å². The molecule has 0 N–H and O–H groups in total. The first-order valence-electron chi connectivity index (χ1n) is 38.9. The molecule has 6 aromatic heterocycles. The first-order valence-corrected chi connectivity index (χ1v) is 41.3. The van der Waals surface area contributed by atoms with E-state index in [9.17, 15) is 0 Å². The molecule has 18 aromatic carbocycles. The molecule has 0 aliphatic heterocycles. The van der Waals surface area contributed by atoms with Crippen molar-refractivity contribution in [1.29, 1.82) is 0 Å². The minimum absolute atomic E-state index is 1.17. The summed E-state index contributed by atoms with van der Waals surface area (Å²) in [5.41, 5.74) is 26.0. The third-order valence-electron chi connectivity index (χ3n) is 22.9. The van der Waals surface area contributed by atoms with Gasteiger partial charge in [0.15, 0.2) is 0 Å². The van der Waals surface area contributed by atoms with Crippen LogP contribution in [0.2, 0.25) is 0 Å². The summed E-state index contributed by atoms with van der Waals surface area (Å²) in [5, 5.41) is 15.7. The van der Waals surface area contributed by atoms with Gasteiger partial charge in [-0.3, -0.25) is 0 Å². The van der Waals surface area contributed by atoms with Crippen LogP contribution >= 0.6 is 34.0 Å². The molecular formula is C108H69N3S3. The minimum Gasteiger partial charge on any atom is -0.309 e. The Balaban J connectivity index is 0.000000104. The van der Waals surface area contributed by atoms with Crippen LogP contribution in [0.4, 0.5) is 0 Å². The normalized spacial score (nSPS) is 11.7. The number of fused-ring (bicyclic) bond motifs is 18. The summed E-state index contributed by atoms with van der Waals surface area (Å²) < 4.78 is 15.3. The van der Waals surface area contributed by atoms with Gasteiger partial charge in [-0.25, -0.2) is 0 Å². The molecule has 0 amide bonds. The van der Waals surface area contributed by atoms with Crippen LogP contribution in [-0.4, -0.2) is 13.7 Å². The summed E-state index contributed by atoms with van der Waals surface area (Å²) in [5.74, 6) is 0. The molecule has 0 bridgehead atoms. The zero-order valence-electron chi connectivity index (χ0n) is 61.9. The molecule has 0 saturated carbocycles. The Bertz CT molecular complexity index is 7790. The van der Waals surface area contributed by atoms with Gasteiger partial charge in [0.05, 0.1) is 33.1 Å². The van der Waals surface area contributed by atoms with Gasteiger partial charge >= 0.3 is 0 Å². The standard InChI is InChI=1S/3C36H23NS/c1-2-10-24(11-3-1)25-20-22-26(23-21-25)37-32-17-6-4-13-31(32)35-28(14-9-18-33(35)37)30-16-8-15-29-27-12-5-7-19-34(27)38-36(29)30;1-2-10-24(11-3-1)25-20-22-26(23-21-25)37-33-18-6-4-12-27(33)29-14-8-15-30(35(29)37)32-17-9-16-31-28-13-5-7-19-34(28)38-36(31)32;1-2-9-24(10-3-1)25-17-20-27(21-18-25)37-33-15-6-4-11-29(33)31-14-8-13-28(36(31)37)26-19-22-35-32(23-26)30-12-5-7-16-34(30)38-35/h3*1-23H. The third kappa shape index (κ3) is 11.4. The maximum absolute atomic E-state index is 2.45. The average molecular weight is 1500 g/mol. The highest BCUT2D eigenvalue weighted by molar-refractivity contribution is 7.27. The zero-order chi connectivity index (χ0) is 75.2. The largest absolute Gasteiger partial charge is 0.309 e. The number of para-hydroxylation sites is 5. The fraction of sp³-hybridized carbons (Fsp3) is 0. The lowest BCUT2D eigenvalue weighted by Gasteiger charge is -2.13. The van der Waals surface area contributed by atoms with Crippen molar-refractivity contribution in [2.24, 2.45) is 0 Å². The monoisotopic (exact) mass is 1500 g/mol. The molecule has 0 spiro atoms. The Labute approximate surface area is 670 Å². The van der Waals surface area contributed by atoms with Gasteiger partial charge in [-0.2, -0.15) is 0 Å². The lowest BCUT2D eigenvalue weighted by atomic mass is 9.98. The van der Waals surface area contributed by atoms with Crippen molar-refractivity contribution in [2.45, 2.75) is 0 Å². The fourth-order valence-electron chi connectivity index (χ4n) is 17.7. The van der Waals surface area contributed by atoms with Crippen molar-refractivity contribution in [3.05, 3.63) is 419 Å². The van der Waals surface area contributed by atoms with Crippen molar-refractivity contribution in [1.82, 2.24) is 13.7 Å². The Morgan fingerprint density at radius 1 is 0.158 bits per heavy atom. The summed E-state index contributed by atoms with van der Waals surface area (Å²) in [7, 11) is 0. The predicted molar refractivity (Wildman–Crippen MR) is 494 cm³/mol. The second-order valence-electron chi connectivity index (χ2n) is 29.3. The van der Waals surface area contributed by atoms with Crippen LogP contribution in [0.1, 0.15) is 0 Å². The topological polar surface area (TPSA) is 14.8 Å². The van der Waals surface area contributed by atoms with E-state index in [1.165, 1.54) is 210 Å². The summed E-state index contributed by atoms with van der Waals surface area (Å²) in [6, 6.07) is 152. The first kappa shape index (κ1) is 67.0. The molecule has 24 rings (SSSR count). The van der Waals surface area contributed by atoms with E-state index in [0.717, 1.165) is 0 Å². The van der Waals surface area contributed by atoms with Crippen molar-refractivity contribution in [2.75, 3.05) is 0 Å². The van der Waals surface area contributed by atoms with Gasteiger partial charge in [0.1, 0.15) is 0 Å². The fourth-order valence-corrected chi connectivity index (χ4v) is 21.2. The van der Waals surface area contributed by atoms with Crippen LogP contribution < -0.4 is 0 Å². The number of hydrogen-bond donors (Lipinski definition) is 0. The first-order chi connectivity index (χ1) is 56.6. The maximum atomic E-state index is 2.45. The quantitative estimate of drug-likeness (QED) is 0.137. The molecule has 24 aromatic rings. The molecule has 0 aliphatic rings. The van der Waals surface area contributed by atoms with Crippen LogP contribution in [-0.2, 0) is 0 Å². The van der Waals surface area contributed by atoms with Crippen molar-refractivity contribution < 1.29 is 0 Å². The summed E-state index contributed by atoms with van der Waals surface area (Å²) in [6.45, 7) is 0. The average Bonchev–Trinajstić information content (AvgIpc) is 1.57. The molecule has 114 heavy (non-hydrogen) atoms. The lowest BCUT2D eigenvalue weighted by molar-refractivity contribution is 1.18. The van der Waals surface area contributed by atoms with Crippen molar-refractivity contribution in [3.63, 3.8) is 0 Å². The van der Waals surface area contributed by atoms with E-state index in [4.69, 9.17) is 0 Å². The molecule has 0 aliphatic carbocycles. The second kappa shape index (κ2) is 28.1. The van der Waals surface area contributed by atoms with Crippen LogP contribution in [0.15, 0.2) is 419 Å². The molecule has 6 heterocycles. The Kier molecular flexibility index (Phi) is 16.5. The van der Waals surface area contributed by atoms with E-state index in [2.05, 4.69) is 432 Å². The predicted octanol–water partition coefficient (Wildman–Crippen LogP) is 31.5. The molecule has 0 fully saturated rings.